The van der Waals surface area contributed by atoms with Crippen molar-refractivity contribution in [1.29, 1.82) is 0 Å². The highest BCUT2D eigenvalue weighted by molar-refractivity contribution is 5.95. The summed E-state index contributed by atoms with van der Waals surface area (Å²) in [5.41, 5.74) is 0.858. The number of allylic oxidation sites excluding steroid dienone is 2. The number of hydrogen-bond acceptors (Lipinski definition) is 2. The normalized spacial score (nSPS) is 12.5. The second-order valence-electron chi connectivity index (χ2n) is 1.36. The number of nitrogens with zero attached hydrogens (tertiary/aromatic N) is 1. The van der Waals surface area contributed by atoms with E-state index in [1.54, 1.807) is 13.1 Å². The fourth-order valence-corrected chi connectivity index (χ4v) is 0.253. The highest BCUT2D eigenvalue weighted by Gasteiger charge is 1.74. The minimum atomic E-state index is 0.731. The zero-order valence-corrected chi connectivity index (χ0v) is 5.09. The maximum absolute atomic E-state index is 9.68. The Morgan fingerprint density at radius 1 is 1.62 bits per heavy atom. The molecule has 0 aromatic rings. The molecule has 0 aliphatic rings. The van der Waals surface area contributed by atoms with Crippen LogP contribution in [0, 0.1) is 0 Å². The van der Waals surface area contributed by atoms with E-state index in [0.717, 1.165) is 12.0 Å². The highest BCUT2D eigenvalue weighted by Crippen LogP contribution is 1.74. The van der Waals surface area contributed by atoms with E-state index in [9.17, 15) is 4.79 Å². The zero-order chi connectivity index (χ0) is 6.41. The molecule has 0 aliphatic carbocycles. The Balaban J connectivity index is 3.69. The molecule has 0 fully saturated rings. The van der Waals surface area contributed by atoms with Gasteiger partial charge in [0.25, 0.3) is 0 Å². The molecule has 0 atom stereocenters. The minimum Gasteiger partial charge on any atom is -0.299 e. The summed E-state index contributed by atoms with van der Waals surface area (Å²) in [6.45, 7) is 1.83. The molecule has 0 spiro atoms. The van der Waals surface area contributed by atoms with E-state index >= 15 is 0 Å². The molecule has 8 heavy (non-hydrogen) atoms. The molecule has 0 bridgehead atoms. The van der Waals surface area contributed by atoms with Crippen molar-refractivity contribution in [3.63, 3.8) is 0 Å². The second-order valence-corrected chi connectivity index (χ2v) is 1.36. The quantitative estimate of drug-likeness (QED) is 0.295. The van der Waals surface area contributed by atoms with E-state index in [1.807, 2.05) is 6.92 Å². The maximum atomic E-state index is 9.68. The van der Waals surface area contributed by atoms with Crippen molar-refractivity contribution in [1.82, 2.24) is 0 Å². The van der Waals surface area contributed by atoms with E-state index in [0.29, 0.717) is 0 Å². The standard InChI is InChI=1S/C6H9NO/c1-6(7-2)4-3-5-8/h3-5H,1-2H3/b4-3-,7-6?. The van der Waals surface area contributed by atoms with Crippen LogP contribution in [0.2, 0.25) is 0 Å². The lowest BCUT2D eigenvalue weighted by Crippen LogP contribution is -1.81. The van der Waals surface area contributed by atoms with Gasteiger partial charge in [-0.25, -0.2) is 0 Å². The molecule has 0 aromatic carbocycles. The Kier molecular flexibility index (Phi) is 3.76. The zero-order valence-electron chi connectivity index (χ0n) is 5.09. The van der Waals surface area contributed by atoms with Gasteiger partial charge in [-0.05, 0) is 19.1 Å². The fraction of sp³-hybridized carbons (Fsp3) is 0.333. The molecule has 0 N–H and O–H groups in total. The van der Waals surface area contributed by atoms with Gasteiger partial charge in [0.15, 0.2) is 0 Å². The summed E-state index contributed by atoms with van der Waals surface area (Å²) in [6.07, 6.45) is 3.81. The van der Waals surface area contributed by atoms with Gasteiger partial charge in [-0.1, -0.05) is 0 Å². The first kappa shape index (κ1) is 7.08. The van der Waals surface area contributed by atoms with Crippen LogP contribution in [-0.4, -0.2) is 19.0 Å². The molecule has 0 saturated heterocycles. The van der Waals surface area contributed by atoms with E-state index < -0.39 is 0 Å². The van der Waals surface area contributed by atoms with Crippen LogP contribution in [0.3, 0.4) is 0 Å². The lowest BCUT2D eigenvalue weighted by molar-refractivity contribution is -0.104. The number of rotatable bonds is 2. The molecular weight excluding hydrogens is 102 g/mol. The second kappa shape index (κ2) is 4.24. The summed E-state index contributed by atoms with van der Waals surface area (Å²) in [4.78, 5) is 13.5. The molecule has 0 aromatic heterocycles. The van der Waals surface area contributed by atoms with Crippen LogP contribution in [0.1, 0.15) is 6.92 Å². The fourth-order valence-electron chi connectivity index (χ4n) is 0.253. The van der Waals surface area contributed by atoms with E-state index in [4.69, 9.17) is 0 Å². The number of carbonyl (C=O) groups excluding carboxylic acids is 1. The largest absolute Gasteiger partial charge is 0.299 e. The van der Waals surface area contributed by atoms with E-state index in [-0.39, 0.29) is 0 Å². The van der Waals surface area contributed by atoms with Crippen molar-refractivity contribution in [2.24, 2.45) is 4.99 Å². The molecule has 0 unspecified atom stereocenters. The Bertz CT molecular complexity index is 124. The van der Waals surface area contributed by atoms with Crippen molar-refractivity contribution >= 4 is 12.0 Å². The monoisotopic (exact) mass is 111 g/mol. The molecule has 0 saturated carbocycles. The lowest BCUT2D eigenvalue weighted by atomic mass is 10.4. The summed E-state index contributed by atoms with van der Waals surface area (Å²) in [6, 6.07) is 0. The number of aliphatic imine (C=N–C) groups is 1. The van der Waals surface area contributed by atoms with Crippen LogP contribution in [0.5, 0.6) is 0 Å². The molecule has 0 aliphatic heterocycles. The average Bonchev–Trinajstić information content (AvgIpc) is 1.83. The third kappa shape index (κ3) is 3.28. The first-order chi connectivity index (χ1) is 3.81. The molecule has 0 radical (unpaired) electrons. The molecule has 2 nitrogen and oxygen atoms in total. The molecule has 0 heterocycles. The Morgan fingerprint density at radius 3 is 2.62 bits per heavy atom. The SMILES string of the molecule is CN=C(C)/C=C\C=O. The van der Waals surface area contributed by atoms with Gasteiger partial charge < -0.3 is 0 Å². The third-order valence-corrected chi connectivity index (χ3v) is 0.769. The van der Waals surface area contributed by atoms with Crippen LogP contribution in [0.15, 0.2) is 17.1 Å². The molecule has 0 rings (SSSR count). The summed E-state index contributed by atoms with van der Waals surface area (Å²) in [5.74, 6) is 0. The third-order valence-electron chi connectivity index (χ3n) is 0.769. The Labute approximate surface area is 48.9 Å². The predicted molar refractivity (Wildman–Crippen MR) is 34.2 cm³/mol. The Morgan fingerprint density at radius 2 is 2.25 bits per heavy atom. The molecule has 44 valence electrons. The lowest BCUT2D eigenvalue weighted by Gasteiger charge is -1.80. The van der Waals surface area contributed by atoms with Crippen molar-refractivity contribution in [2.45, 2.75) is 6.92 Å². The van der Waals surface area contributed by atoms with Gasteiger partial charge in [-0.2, -0.15) is 0 Å². The van der Waals surface area contributed by atoms with E-state index in [2.05, 4.69) is 4.99 Å². The van der Waals surface area contributed by atoms with Crippen molar-refractivity contribution < 1.29 is 4.79 Å². The van der Waals surface area contributed by atoms with Gasteiger partial charge in [0.1, 0.15) is 6.29 Å². The minimum absolute atomic E-state index is 0.731. The van der Waals surface area contributed by atoms with Crippen molar-refractivity contribution in [3.8, 4) is 0 Å². The van der Waals surface area contributed by atoms with E-state index in [1.165, 1.54) is 6.08 Å². The first-order valence-corrected chi connectivity index (χ1v) is 2.36. The summed E-state index contributed by atoms with van der Waals surface area (Å²) < 4.78 is 0. The smallest absolute Gasteiger partial charge is 0.142 e. The maximum Gasteiger partial charge on any atom is 0.142 e. The molecule has 0 amide bonds. The first-order valence-electron chi connectivity index (χ1n) is 2.36. The highest BCUT2D eigenvalue weighted by atomic mass is 16.1. The number of hydrogen-bond donors (Lipinski definition) is 0. The van der Waals surface area contributed by atoms with Gasteiger partial charge in [0, 0.05) is 12.8 Å². The van der Waals surface area contributed by atoms with Gasteiger partial charge >= 0.3 is 0 Å². The predicted octanol–water partition coefficient (Wildman–Crippen LogP) is 0.832. The van der Waals surface area contributed by atoms with Crippen LogP contribution in [-0.2, 0) is 4.79 Å². The summed E-state index contributed by atoms with van der Waals surface area (Å²) in [5, 5.41) is 0. The average molecular weight is 111 g/mol. The van der Waals surface area contributed by atoms with Crippen LogP contribution in [0.4, 0.5) is 0 Å². The number of carbonyl (C=O) groups is 1. The molecule has 2 heteroatoms. The van der Waals surface area contributed by atoms with Gasteiger partial charge in [-0.3, -0.25) is 9.79 Å². The summed E-state index contributed by atoms with van der Waals surface area (Å²) in [7, 11) is 1.68. The number of aldehydes is 1. The van der Waals surface area contributed by atoms with Crippen LogP contribution < -0.4 is 0 Å². The molecular formula is C6H9NO. The van der Waals surface area contributed by atoms with Crippen molar-refractivity contribution in [2.75, 3.05) is 7.05 Å². The topological polar surface area (TPSA) is 29.4 Å². The van der Waals surface area contributed by atoms with Crippen LogP contribution >= 0.6 is 0 Å². The van der Waals surface area contributed by atoms with Gasteiger partial charge in [0.2, 0.25) is 0 Å². The van der Waals surface area contributed by atoms with Crippen LogP contribution in [0.25, 0.3) is 0 Å². The van der Waals surface area contributed by atoms with Gasteiger partial charge in [-0.15, -0.1) is 0 Å². The summed E-state index contributed by atoms with van der Waals surface area (Å²) >= 11 is 0. The Hall–Kier alpha value is -0.920. The van der Waals surface area contributed by atoms with Crippen molar-refractivity contribution in [3.05, 3.63) is 12.2 Å². The van der Waals surface area contributed by atoms with Gasteiger partial charge in [0.05, 0.1) is 0 Å².